The fourth-order valence-corrected chi connectivity index (χ4v) is 5.20. The zero-order chi connectivity index (χ0) is 21.5. The number of aromatic nitrogens is 1. The van der Waals surface area contributed by atoms with Crippen molar-refractivity contribution in [2.24, 2.45) is 5.92 Å². The number of benzene rings is 2. The summed E-state index contributed by atoms with van der Waals surface area (Å²) >= 11 is 0. The molecule has 0 spiro atoms. The molecule has 0 atom stereocenters. The van der Waals surface area contributed by atoms with Crippen molar-refractivity contribution in [1.82, 2.24) is 4.57 Å². The molecule has 30 heavy (non-hydrogen) atoms. The minimum atomic E-state index is -3.73. The second-order valence-corrected chi connectivity index (χ2v) is 9.99. The predicted molar refractivity (Wildman–Crippen MR) is 120 cm³/mol. The van der Waals surface area contributed by atoms with Crippen LogP contribution in [-0.2, 0) is 27.8 Å². The molecule has 0 radical (unpaired) electrons. The summed E-state index contributed by atoms with van der Waals surface area (Å²) in [4.78, 5) is 13.8. The first kappa shape index (κ1) is 20.5. The Morgan fingerprint density at radius 1 is 1.13 bits per heavy atom. The van der Waals surface area contributed by atoms with Crippen LogP contribution in [0.1, 0.15) is 32.8 Å². The lowest BCUT2D eigenvalue weighted by molar-refractivity contribution is -0.116. The number of carbonyl (C=O) groups is 1. The summed E-state index contributed by atoms with van der Waals surface area (Å²) < 4.78 is 30.9. The average molecular weight is 426 g/mol. The van der Waals surface area contributed by atoms with E-state index in [4.69, 9.17) is 0 Å². The molecule has 1 amide bonds. The lowest BCUT2D eigenvalue weighted by Gasteiger charge is -2.28. The third-order valence-electron chi connectivity index (χ3n) is 5.45. The molecule has 0 aliphatic carbocycles. The van der Waals surface area contributed by atoms with Crippen LogP contribution < -0.4 is 9.62 Å². The van der Waals surface area contributed by atoms with Crippen LogP contribution in [0.4, 0.5) is 11.4 Å². The molecule has 0 fully saturated rings. The van der Waals surface area contributed by atoms with E-state index in [2.05, 4.69) is 23.1 Å². The number of aryl methyl sites for hydroxylation is 1. The normalized spacial score (nSPS) is 14.2. The highest BCUT2D eigenvalue weighted by Crippen LogP contribution is 2.30. The van der Waals surface area contributed by atoms with E-state index < -0.39 is 10.0 Å². The van der Waals surface area contributed by atoms with Crippen LogP contribution in [0.25, 0.3) is 10.9 Å². The average Bonchev–Trinajstić information content (AvgIpc) is 3.08. The molecule has 1 aliphatic rings. The highest BCUT2D eigenvalue weighted by Gasteiger charge is 2.23. The van der Waals surface area contributed by atoms with E-state index in [1.54, 1.807) is 29.2 Å². The number of rotatable bonds is 5. The Labute approximate surface area is 177 Å². The Balaban J connectivity index is 1.61. The van der Waals surface area contributed by atoms with Gasteiger partial charge in [0, 0.05) is 48.5 Å². The molecule has 1 aliphatic heterocycles. The van der Waals surface area contributed by atoms with Crippen molar-refractivity contribution in [2.75, 3.05) is 16.2 Å². The van der Waals surface area contributed by atoms with Crippen molar-refractivity contribution in [1.29, 1.82) is 0 Å². The number of hydrogen-bond donors (Lipinski definition) is 1. The first-order valence-corrected chi connectivity index (χ1v) is 11.8. The maximum Gasteiger partial charge on any atom is 0.261 e. The van der Waals surface area contributed by atoms with Crippen LogP contribution in [0, 0.1) is 5.92 Å². The fourth-order valence-electron chi connectivity index (χ4n) is 4.10. The van der Waals surface area contributed by atoms with Gasteiger partial charge in [-0.3, -0.25) is 9.52 Å². The van der Waals surface area contributed by atoms with Gasteiger partial charge in [-0.15, -0.1) is 0 Å². The molecule has 0 saturated carbocycles. The van der Waals surface area contributed by atoms with Crippen molar-refractivity contribution >= 4 is 38.2 Å². The molecular weight excluding hydrogens is 398 g/mol. The maximum atomic E-state index is 13.0. The van der Waals surface area contributed by atoms with Gasteiger partial charge in [0.05, 0.1) is 4.90 Å². The van der Waals surface area contributed by atoms with Crippen LogP contribution in [-0.4, -0.2) is 25.4 Å². The third kappa shape index (κ3) is 3.94. The first-order valence-electron chi connectivity index (χ1n) is 10.3. The number of anilines is 2. The summed E-state index contributed by atoms with van der Waals surface area (Å²) in [6.45, 7) is 7.46. The van der Waals surface area contributed by atoms with E-state index in [9.17, 15) is 13.2 Å². The smallest absolute Gasteiger partial charge is 0.261 e. The first-order chi connectivity index (χ1) is 14.2. The second-order valence-electron chi connectivity index (χ2n) is 8.31. The van der Waals surface area contributed by atoms with Gasteiger partial charge in [0.1, 0.15) is 0 Å². The van der Waals surface area contributed by atoms with Crippen LogP contribution in [0.15, 0.2) is 53.6 Å². The maximum absolute atomic E-state index is 13.0. The Bertz CT molecular complexity index is 1210. The third-order valence-corrected chi connectivity index (χ3v) is 6.82. The lowest BCUT2D eigenvalue weighted by Crippen LogP contribution is -2.33. The number of amides is 1. The topological polar surface area (TPSA) is 71.4 Å². The van der Waals surface area contributed by atoms with Crippen LogP contribution in [0.2, 0.25) is 0 Å². The molecule has 2 aromatic carbocycles. The number of hydrogen-bond acceptors (Lipinski definition) is 3. The van der Waals surface area contributed by atoms with E-state index in [0.717, 1.165) is 41.5 Å². The number of fused-ring (bicyclic) bond motifs is 2. The number of nitrogens with one attached hydrogen (secondary N) is 1. The van der Waals surface area contributed by atoms with Crippen LogP contribution in [0.5, 0.6) is 0 Å². The van der Waals surface area contributed by atoms with Crippen molar-refractivity contribution in [3.05, 3.63) is 54.2 Å². The number of nitrogens with zero attached hydrogens (tertiary/aromatic N) is 2. The molecule has 2 heterocycles. The van der Waals surface area contributed by atoms with Gasteiger partial charge in [-0.25, -0.2) is 8.42 Å². The van der Waals surface area contributed by atoms with Gasteiger partial charge >= 0.3 is 0 Å². The van der Waals surface area contributed by atoms with E-state index in [1.807, 2.05) is 24.4 Å². The summed E-state index contributed by atoms with van der Waals surface area (Å²) in [5, 5.41) is 0.999. The SMILES string of the molecule is CC(=O)N1CCCc2cc(S(=O)(=O)Nc3ccc4c(ccn4CC(C)C)c3)ccc21. The standard InChI is InChI=1S/C23H27N3O3S/c1-16(2)15-25-12-10-19-13-20(6-8-22(19)25)24-30(28,29)21-7-9-23-18(14-21)5-4-11-26(23)17(3)27/h6-10,12-14,16,24H,4-5,11,15H2,1-3H3. The molecule has 6 nitrogen and oxygen atoms in total. The summed E-state index contributed by atoms with van der Waals surface area (Å²) in [6, 6.07) is 12.6. The highest BCUT2D eigenvalue weighted by atomic mass is 32.2. The van der Waals surface area contributed by atoms with Gasteiger partial charge in [-0.05, 0) is 66.8 Å². The molecule has 158 valence electrons. The molecule has 0 bridgehead atoms. The van der Waals surface area contributed by atoms with Crippen LogP contribution >= 0.6 is 0 Å². The molecule has 1 N–H and O–H groups in total. The zero-order valence-corrected chi connectivity index (χ0v) is 18.4. The number of carbonyl (C=O) groups excluding carboxylic acids is 1. The predicted octanol–water partition coefficient (Wildman–Crippen LogP) is 4.40. The molecular formula is C23H27N3O3S. The van der Waals surface area contributed by atoms with Crippen molar-refractivity contribution < 1.29 is 13.2 Å². The van der Waals surface area contributed by atoms with Gasteiger partial charge in [0.15, 0.2) is 0 Å². The second kappa shape index (κ2) is 7.80. The molecule has 3 aromatic rings. The van der Waals surface area contributed by atoms with Gasteiger partial charge in [-0.1, -0.05) is 13.8 Å². The molecule has 0 saturated heterocycles. The molecule has 7 heteroatoms. The summed E-state index contributed by atoms with van der Waals surface area (Å²) in [6.07, 6.45) is 3.62. The van der Waals surface area contributed by atoms with Crippen molar-refractivity contribution in [3.8, 4) is 0 Å². The van der Waals surface area contributed by atoms with Crippen molar-refractivity contribution in [2.45, 2.75) is 45.1 Å². The summed E-state index contributed by atoms with van der Waals surface area (Å²) in [5.41, 5.74) is 3.32. The molecule has 1 aromatic heterocycles. The Hall–Kier alpha value is -2.80. The van der Waals surface area contributed by atoms with E-state index in [-0.39, 0.29) is 10.8 Å². The minimum absolute atomic E-state index is 0.0256. The fraction of sp³-hybridized carbons (Fsp3) is 0.348. The van der Waals surface area contributed by atoms with E-state index in [0.29, 0.717) is 18.2 Å². The number of sulfonamides is 1. The van der Waals surface area contributed by atoms with Crippen molar-refractivity contribution in [3.63, 3.8) is 0 Å². The lowest BCUT2D eigenvalue weighted by atomic mass is 10.0. The summed E-state index contributed by atoms with van der Waals surface area (Å²) in [7, 11) is -3.73. The molecule has 0 unspecified atom stereocenters. The van der Waals surface area contributed by atoms with E-state index >= 15 is 0 Å². The van der Waals surface area contributed by atoms with Gasteiger partial charge in [0.2, 0.25) is 5.91 Å². The van der Waals surface area contributed by atoms with Gasteiger partial charge < -0.3 is 9.47 Å². The largest absolute Gasteiger partial charge is 0.347 e. The monoisotopic (exact) mass is 425 g/mol. The highest BCUT2D eigenvalue weighted by molar-refractivity contribution is 7.92. The Morgan fingerprint density at radius 2 is 1.93 bits per heavy atom. The van der Waals surface area contributed by atoms with E-state index in [1.165, 1.54) is 6.92 Å². The molecule has 4 rings (SSSR count). The quantitative estimate of drug-likeness (QED) is 0.659. The zero-order valence-electron chi connectivity index (χ0n) is 17.6. The Morgan fingerprint density at radius 3 is 2.67 bits per heavy atom. The van der Waals surface area contributed by atoms with Gasteiger partial charge in [0.25, 0.3) is 10.0 Å². The Kier molecular flexibility index (Phi) is 5.32. The van der Waals surface area contributed by atoms with Gasteiger partial charge in [-0.2, -0.15) is 0 Å². The van der Waals surface area contributed by atoms with Crippen LogP contribution in [0.3, 0.4) is 0 Å². The minimum Gasteiger partial charge on any atom is -0.347 e. The summed E-state index contributed by atoms with van der Waals surface area (Å²) in [5.74, 6) is 0.504.